The second-order valence-electron chi connectivity index (χ2n) is 3.58. The van der Waals surface area contributed by atoms with E-state index in [1.54, 1.807) is 0 Å². The van der Waals surface area contributed by atoms with Gasteiger partial charge in [0.05, 0.1) is 6.61 Å². The number of rotatable bonds is 5. The molecule has 0 spiro atoms. The molecule has 17 heavy (non-hydrogen) atoms. The Bertz CT molecular complexity index is 405. The molecule has 0 aliphatic rings. The topological polar surface area (TPSA) is 26.3 Å². The molecule has 0 unspecified atom stereocenters. The average molecular weight is 429 g/mol. The fourth-order valence-corrected chi connectivity index (χ4v) is 3.06. The second-order valence-corrected chi connectivity index (χ2v) is 6.14. The molecule has 1 aromatic carbocycles. The van der Waals surface area contributed by atoms with Crippen molar-refractivity contribution in [3.8, 4) is 0 Å². The number of ether oxygens (including phenoxy) is 1. The standard InChI is InChI=1S/C12H13Br3O2/c1-2-5-17-11(16)4-3-8-6-9(13)7-10(14)12(8)15/h6-7H,2-5H2,1H3. The van der Waals surface area contributed by atoms with Gasteiger partial charge >= 0.3 is 5.97 Å². The zero-order valence-electron chi connectivity index (χ0n) is 9.43. The Kier molecular flexibility index (Phi) is 6.74. The van der Waals surface area contributed by atoms with Crippen LogP contribution < -0.4 is 0 Å². The van der Waals surface area contributed by atoms with Gasteiger partial charge in [-0.2, -0.15) is 0 Å². The van der Waals surface area contributed by atoms with Gasteiger partial charge in [-0.25, -0.2) is 0 Å². The molecule has 1 aromatic rings. The van der Waals surface area contributed by atoms with E-state index in [1.165, 1.54) is 0 Å². The quantitative estimate of drug-likeness (QED) is 0.494. The lowest BCUT2D eigenvalue weighted by atomic mass is 10.1. The van der Waals surface area contributed by atoms with E-state index < -0.39 is 0 Å². The van der Waals surface area contributed by atoms with Crippen LogP contribution in [0.15, 0.2) is 25.6 Å². The van der Waals surface area contributed by atoms with Gasteiger partial charge in [-0.15, -0.1) is 0 Å². The summed E-state index contributed by atoms with van der Waals surface area (Å²) in [7, 11) is 0. The number of halogens is 3. The Morgan fingerprint density at radius 1 is 1.29 bits per heavy atom. The van der Waals surface area contributed by atoms with Crippen molar-refractivity contribution in [1.82, 2.24) is 0 Å². The van der Waals surface area contributed by atoms with Crippen LogP contribution in [-0.4, -0.2) is 12.6 Å². The monoisotopic (exact) mass is 426 g/mol. The summed E-state index contributed by atoms with van der Waals surface area (Å²) in [5.41, 5.74) is 1.08. The van der Waals surface area contributed by atoms with Gasteiger partial charge in [0, 0.05) is 19.8 Å². The smallest absolute Gasteiger partial charge is 0.306 e. The summed E-state index contributed by atoms with van der Waals surface area (Å²) in [6.07, 6.45) is 1.93. The number of esters is 1. The van der Waals surface area contributed by atoms with Gasteiger partial charge in [-0.05, 0) is 62.4 Å². The van der Waals surface area contributed by atoms with Gasteiger partial charge < -0.3 is 4.74 Å². The van der Waals surface area contributed by atoms with Crippen LogP contribution in [0.4, 0.5) is 0 Å². The number of hydrogen-bond donors (Lipinski definition) is 0. The lowest BCUT2D eigenvalue weighted by Crippen LogP contribution is -2.06. The molecule has 0 heterocycles. The number of aryl methyl sites for hydroxylation is 1. The summed E-state index contributed by atoms with van der Waals surface area (Å²) < 4.78 is 7.99. The van der Waals surface area contributed by atoms with Gasteiger partial charge in [0.25, 0.3) is 0 Å². The Labute approximate surface area is 126 Å². The summed E-state index contributed by atoms with van der Waals surface area (Å²) in [4.78, 5) is 11.4. The van der Waals surface area contributed by atoms with E-state index in [0.29, 0.717) is 19.4 Å². The van der Waals surface area contributed by atoms with E-state index in [-0.39, 0.29) is 5.97 Å². The maximum Gasteiger partial charge on any atom is 0.306 e. The first-order valence-electron chi connectivity index (χ1n) is 5.33. The maximum atomic E-state index is 11.4. The van der Waals surface area contributed by atoms with Crippen LogP contribution in [-0.2, 0) is 16.0 Å². The van der Waals surface area contributed by atoms with Gasteiger partial charge in [0.2, 0.25) is 0 Å². The van der Waals surface area contributed by atoms with Crippen LogP contribution in [0.2, 0.25) is 0 Å². The molecule has 0 aliphatic heterocycles. The van der Waals surface area contributed by atoms with Crippen molar-refractivity contribution in [2.45, 2.75) is 26.2 Å². The largest absolute Gasteiger partial charge is 0.466 e. The molecule has 0 saturated heterocycles. The molecule has 0 radical (unpaired) electrons. The number of carbonyl (C=O) groups is 1. The van der Waals surface area contributed by atoms with Crippen LogP contribution in [0.3, 0.4) is 0 Å². The van der Waals surface area contributed by atoms with Crippen molar-refractivity contribution in [3.05, 3.63) is 31.1 Å². The van der Waals surface area contributed by atoms with E-state index in [1.807, 2.05) is 19.1 Å². The lowest BCUT2D eigenvalue weighted by Gasteiger charge is -2.07. The molecule has 0 N–H and O–H groups in total. The highest BCUT2D eigenvalue weighted by atomic mass is 79.9. The van der Waals surface area contributed by atoms with Crippen molar-refractivity contribution in [3.63, 3.8) is 0 Å². The fraction of sp³-hybridized carbons (Fsp3) is 0.417. The van der Waals surface area contributed by atoms with Crippen LogP contribution >= 0.6 is 47.8 Å². The van der Waals surface area contributed by atoms with Crippen molar-refractivity contribution in [2.24, 2.45) is 0 Å². The zero-order chi connectivity index (χ0) is 12.8. The molecule has 1 rings (SSSR count). The number of hydrogen-bond acceptors (Lipinski definition) is 2. The average Bonchev–Trinajstić information content (AvgIpc) is 2.29. The van der Waals surface area contributed by atoms with Crippen molar-refractivity contribution < 1.29 is 9.53 Å². The minimum atomic E-state index is -0.144. The summed E-state index contributed by atoms with van der Waals surface area (Å²) in [6, 6.07) is 3.96. The molecule has 5 heteroatoms. The zero-order valence-corrected chi connectivity index (χ0v) is 14.2. The first-order chi connectivity index (χ1) is 8.04. The molecule has 94 valence electrons. The van der Waals surface area contributed by atoms with E-state index >= 15 is 0 Å². The third-order valence-corrected chi connectivity index (χ3v) is 4.69. The fourth-order valence-electron chi connectivity index (χ4n) is 1.32. The SMILES string of the molecule is CCCOC(=O)CCc1cc(Br)cc(Br)c1Br. The van der Waals surface area contributed by atoms with Crippen molar-refractivity contribution in [1.29, 1.82) is 0 Å². The molecule has 0 saturated carbocycles. The molecule has 0 fully saturated rings. The van der Waals surface area contributed by atoms with Crippen molar-refractivity contribution >= 4 is 53.8 Å². The Morgan fingerprint density at radius 2 is 2.00 bits per heavy atom. The summed E-state index contributed by atoms with van der Waals surface area (Å²) >= 11 is 10.4. The Balaban J connectivity index is 2.60. The van der Waals surface area contributed by atoms with Crippen LogP contribution in [0.5, 0.6) is 0 Å². The summed E-state index contributed by atoms with van der Waals surface area (Å²) in [6.45, 7) is 2.48. The third-order valence-electron chi connectivity index (χ3n) is 2.13. The summed E-state index contributed by atoms with van der Waals surface area (Å²) in [5.74, 6) is -0.144. The van der Waals surface area contributed by atoms with Crippen molar-refractivity contribution in [2.75, 3.05) is 6.61 Å². The van der Waals surface area contributed by atoms with Crippen LogP contribution in [0, 0.1) is 0 Å². The van der Waals surface area contributed by atoms with Crippen LogP contribution in [0.25, 0.3) is 0 Å². The predicted octanol–water partition coefficient (Wildman–Crippen LogP) is 4.86. The molecular formula is C12H13Br3O2. The predicted molar refractivity (Wildman–Crippen MR) is 79.1 cm³/mol. The normalized spacial score (nSPS) is 10.4. The lowest BCUT2D eigenvalue weighted by molar-refractivity contribution is -0.143. The third kappa shape index (κ3) is 5.10. The second kappa shape index (κ2) is 7.54. The molecular weight excluding hydrogens is 416 g/mol. The van der Waals surface area contributed by atoms with E-state index in [4.69, 9.17) is 4.74 Å². The van der Waals surface area contributed by atoms with Gasteiger partial charge in [0.15, 0.2) is 0 Å². The van der Waals surface area contributed by atoms with E-state index in [0.717, 1.165) is 25.4 Å². The highest BCUT2D eigenvalue weighted by molar-refractivity contribution is 9.13. The van der Waals surface area contributed by atoms with Crippen LogP contribution in [0.1, 0.15) is 25.3 Å². The minimum absolute atomic E-state index is 0.144. The number of carbonyl (C=O) groups excluding carboxylic acids is 1. The summed E-state index contributed by atoms with van der Waals surface area (Å²) in [5, 5.41) is 0. The van der Waals surface area contributed by atoms with E-state index in [2.05, 4.69) is 47.8 Å². The first kappa shape index (κ1) is 15.2. The molecule has 0 amide bonds. The van der Waals surface area contributed by atoms with Gasteiger partial charge in [-0.1, -0.05) is 22.9 Å². The Morgan fingerprint density at radius 3 is 2.65 bits per heavy atom. The number of benzene rings is 1. The molecule has 0 aromatic heterocycles. The molecule has 0 aliphatic carbocycles. The molecule has 0 atom stereocenters. The first-order valence-corrected chi connectivity index (χ1v) is 7.71. The highest BCUT2D eigenvalue weighted by Gasteiger charge is 2.09. The molecule has 0 bridgehead atoms. The van der Waals surface area contributed by atoms with E-state index in [9.17, 15) is 4.79 Å². The molecule has 2 nitrogen and oxygen atoms in total. The maximum absolute atomic E-state index is 11.4. The highest BCUT2D eigenvalue weighted by Crippen LogP contribution is 2.31. The van der Waals surface area contributed by atoms with Gasteiger partial charge in [-0.3, -0.25) is 4.79 Å². The Hall–Kier alpha value is 0.130. The van der Waals surface area contributed by atoms with Gasteiger partial charge in [0.1, 0.15) is 0 Å². The minimum Gasteiger partial charge on any atom is -0.466 e.